The average molecular weight is 185 g/mol. The molecule has 1 aromatic rings. The number of benzene rings is 1. The number of carbonyl (C=O) groups is 1. The van der Waals surface area contributed by atoms with Crippen LogP contribution in [0.3, 0.4) is 0 Å². The van der Waals surface area contributed by atoms with Gasteiger partial charge in [0.15, 0.2) is 0 Å². The van der Waals surface area contributed by atoms with Gasteiger partial charge in [0.25, 0.3) is 0 Å². The van der Waals surface area contributed by atoms with Crippen LogP contribution in [0, 0.1) is 5.82 Å². The van der Waals surface area contributed by atoms with Gasteiger partial charge < -0.3 is 5.73 Å². The molecule has 1 atom stereocenters. The minimum absolute atomic E-state index is 0.396. The summed E-state index contributed by atoms with van der Waals surface area (Å²) in [4.78, 5) is 10.6. The standard InChI is InChI=1S/C8H8FNOS/c9-6-3-1-2-5(4-6)7(12)8(10)11/h1-4,7,12H,(H2,10,11). The van der Waals surface area contributed by atoms with Gasteiger partial charge in [0.2, 0.25) is 5.91 Å². The zero-order valence-electron chi connectivity index (χ0n) is 6.20. The summed E-state index contributed by atoms with van der Waals surface area (Å²) in [5.41, 5.74) is 5.46. The molecule has 0 saturated heterocycles. The highest BCUT2D eigenvalue weighted by atomic mass is 32.1. The number of primary amides is 1. The van der Waals surface area contributed by atoms with Crippen LogP contribution < -0.4 is 5.73 Å². The molecule has 0 aliphatic heterocycles. The number of thiol groups is 1. The minimum atomic E-state index is -0.735. The lowest BCUT2D eigenvalue weighted by Crippen LogP contribution is -2.17. The third-order valence-corrected chi connectivity index (χ3v) is 1.99. The number of nitrogens with two attached hydrogens (primary N) is 1. The summed E-state index contributed by atoms with van der Waals surface area (Å²) in [7, 11) is 0. The Morgan fingerprint density at radius 2 is 2.25 bits per heavy atom. The molecule has 4 heteroatoms. The van der Waals surface area contributed by atoms with E-state index in [0.717, 1.165) is 0 Å². The van der Waals surface area contributed by atoms with Crippen LogP contribution in [0.1, 0.15) is 10.8 Å². The summed E-state index contributed by atoms with van der Waals surface area (Å²) in [6.45, 7) is 0. The first-order chi connectivity index (χ1) is 5.61. The van der Waals surface area contributed by atoms with E-state index in [0.29, 0.717) is 5.56 Å². The lowest BCUT2D eigenvalue weighted by molar-refractivity contribution is -0.117. The highest BCUT2D eigenvalue weighted by Crippen LogP contribution is 2.19. The molecular formula is C8H8FNOS. The predicted molar refractivity (Wildman–Crippen MR) is 47.3 cm³/mol. The van der Waals surface area contributed by atoms with Gasteiger partial charge in [0.05, 0.1) is 0 Å². The number of rotatable bonds is 2. The number of carbonyl (C=O) groups excluding carboxylic acids is 1. The third kappa shape index (κ3) is 1.98. The lowest BCUT2D eigenvalue weighted by atomic mass is 10.1. The fourth-order valence-electron chi connectivity index (χ4n) is 0.841. The molecule has 1 amide bonds. The highest BCUT2D eigenvalue weighted by Gasteiger charge is 2.12. The maximum absolute atomic E-state index is 12.6. The summed E-state index contributed by atoms with van der Waals surface area (Å²) in [5.74, 6) is -0.975. The molecule has 0 spiro atoms. The van der Waals surface area contributed by atoms with Gasteiger partial charge in [-0.05, 0) is 17.7 Å². The molecule has 1 rings (SSSR count). The minimum Gasteiger partial charge on any atom is -0.368 e. The maximum atomic E-state index is 12.6. The Kier molecular flexibility index (Phi) is 2.70. The van der Waals surface area contributed by atoms with Crippen LogP contribution in [-0.2, 0) is 4.79 Å². The fraction of sp³-hybridized carbons (Fsp3) is 0.125. The Balaban J connectivity index is 2.95. The van der Waals surface area contributed by atoms with Crippen LogP contribution in [0.4, 0.5) is 4.39 Å². The van der Waals surface area contributed by atoms with Crippen LogP contribution in [-0.4, -0.2) is 5.91 Å². The molecule has 64 valence electrons. The SMILES string of the molecule is NC(=O)C(S)c1cccc(F)c1. The molecule has 2 N–H and O–H groups in total. The van der Waals surface area contributed by atoms with E-state index >= 15 is 0 Å². The number of amides is 1. The van der Waals surface area contributed by atoms with Crippen LogP contribution in [0.2, 0.25) is 0 Å². The van der Waals surface area contributed by atoms with E-state index < -0.39 is 17.0 Å². The van der Waals surface area contributed by atoms with Gasteiger partial charge >= 0.3 is 0 Å². The fourth-order valence-corrected chi connectivity index (χ4v) is 1.00. The Morgan fingerprint density at radius 3 is 2.75 bits per heavy atom. The topological polar surface area (TPSA) is 43.1 Å². The van der Waals surface area contributed by atoms with Crippen molar-refractivity contribution in [3.05, 3.63) is 35.6 Å². The van der Waals surface area contributed by atoms with E-state index in [1.807, 2.05) is 0 Å². The lowest BCUT2D eigenvalue weighted by Gasteiger charge is -2.05. The smallest absolute Gasteiger partial charge is 0.234 e. The highest BCUT2D eigenvalue weighted by molar-refractivity contribution is 7.81. The van der Waals surface area contributed by atoms with Gasteiger partial charge in [-0.15, -0.1) is 0 Å². The van der Waals surface area contributed by atoms with Crippen molar-refractivity contribution in [2.75, 3.05) is 0 Å². The van der Waals surface area contributed by atoms with E-state index in [9.17, 15) is 9.18 Å². The van der Waals surface area contributed by atoms with Crippen molar-refractivity contribution in [3.63, 3.8) is 0 Å². The molecule has 12 heavy (non-hydrogen) atoms. The number of halogens is 1. The monoisotopic (exact) mass is 185 g/mol. The Bertz CT molecular complexity index is 303. The maximum Gasteiger partial charge on any atom is 0.234 e. The van der Waals surface area contributed by atoms with Gasteiger partial charge in [0, 0.05) is 0 Å². The van der Waals surface area contributed by atoms with Gasteiger partial charge in [-0.25, -0.2) is 4.39 Å². The molecule has 0 bridgehead atoms. The molecule has 2 nitrogen and oxygen atoms in total. The van der Waals surface area contributed by atoms with Crippen molar-refractivity contribution in [1.29, 1.82) is 0 Å². The summed E-state index contributed by atoms with van der Waals surface area (Å²) >= 11 is 3.92. The molecule has 0 aromatic heterocycles. The summed E-state index contributed by atoms with van der Waals surface area (Å²) in [6.07, 6.45) is 0. The molecular weight excluding hydrogens is 177 g/mol. The zero-order chi connectivity index (χ0) is 9.14. The first-order valence-electron chi connectivity index (χ1n) is 3.34. The third-order valence-electron chi connectivity index (χ3n) is 1.43. The van der Waals surface area contributed by atoms with Crippen molar-refractivity contribution in [1.82, 2.24) is 0 Å². The molecule has 1 aromatic carbocycles. The summed E-state index contributed by atoms with van der Waals surface area (Å²) in [5, 5.41) is -0.735. The van der Waals surface area contributed by atoms with E-state index in [2.05, 4.69) is 12.6 Å². The summed E-state index contributed by atoms with van der Waals surface area (Å²) < 4.78 is 12.6. The van der Waals surface area contributed by atoms with Crippen LogP contribution >= 0.6 is 12.6 Å². The van der Waals surface area contributed by atoms with Crippen molar-refractivity contribution in [2.24, 2.45) is 5.73 Å². The van der Waals surface area contributed by atoms with Crippen LogP contribution in [0.5, 0.6) is 0 Å². The van der Waals surface area contributed by atoms with Crippen molar-refractivity contribution < 1.29 is 9.18 Å². The van der Waals surface area contributed by atoms with Crippen LogP contribution in [0.25, 0.3) is 0 Å². The molecule has 0 aliphatic carbocycles. The van der Waals surface area contributed by atoms with Crippen molar-refractivity contribution in [2.45, 2.75) is 5.25 Å². The van der Waals surface area contributed by atoms with Crippen molar-refractivity contribution >= 4 is 18.5 Å². The normalized spacial score (nSPS) is 12.5. The first kappa shape index (κ1) is 9.06. The molecule has 0 aliphatic rings. The van der Waals surface area contributed by atoms with Gasteiger partial charge in [-0.3, -0.25) is 4.79 Å². The van der Waals surface area contributed by atoms with E-state index in [1.165, 1.54) is 18.2 Å². The number of hydrogen-bond donors (Lipinski definition) is 2. The van der Waals surface area contributed by atoms with Gasteiger partial charge in [-0.2, -0.15) is 12.6 Å². The number of hydrogen-bond acceptors (Lipinski definition) is 2. The Hall–Kier alpha value is -1.03. The van der Waals surface area contributed by atoms with Gasteiger partial charge in [-0.1, -0.05) is 12.1 Å². The van der Waals surface area contributed by atoms with Crippen molar-refractivity contribution in [3.8, 4) is 0 Å². The summed E-state index contributed by atoms with van der Waals surface area (Å²) in [6, 6.07) is 5.65. The second-order valence-corrected chi connectivity index (χ2v) is 2.88. The largest absolute Gasteiger partial charge is 0.368 e. The molecule has 0 saturated carbocycles. The zero-order valence-corrected chi connectivity index (χ0v) is 7.09. The molecule has 0 heterocycles. The Labute approximate surface area is 75.0 Å². The second kappa shape index (κ2) is 3.58. The van der Waals surface area contributed by atoms with Gasteiger partial charge in [0.1, 0.15) is 11.1 Å². The molecule has 0 fully saturated rings. The molecule has 0 radical (unpaired) electrons. The van der Waals surface area contributed by atoms with E-state index in [4.69, 9.17) is 5.73 Å². The van der Waals surface area contributed by atoms with Crippen LogP contribution in [0.15, 0.2) is 24.3 Å². The first-order valence-corrected chi connectivity index (χ1v) is 3.86. The second-order valence-electron chi connectivity index (χ2n) is 2.36. The predicted octanol–water partition coefficient (Wildman–Crippen LogP) is 1.28. The average Bonchev–Trinajstić information content (AvgIpc) is 2.03. The van der Waals surface area contributed by atoms with E-state index in [-0.39, 0.29) is 0 Å². The van der Waals surface area contributed by atoms with E-state index in [1.54, 1.807) is 6.07 Å². The Morgan fingerprint density at radius 1 is 1.58 bits per heavy atom. The molecule has 1 unspecified atom stereocenters. The quantitative estimate of drug-likeness (QED) is 0.670.